The Labute approximate surface area is 122 Å². The van der Waals surface area contributed by atoms with Gasteiger partial charge in [0, 0.05) is 25.6 Å². The molecule has 3 heterocycles. The number of hydrogen-bond donors (Lipinski definition) is 1. The zero-order valence-corrected chi connectivity index (χ0v) is 11.7. The second-order valence-corrected chi connectivity index (χ2v) is 5.69. The number of rotatable bonds is 2. The lowest BCUT2D eigenvalue weighted by molar-refractivity contribution is 0.0749. The van der Waals surface area contributed by atoms with Crippen LogP contribution in [-0.2, 0) is 17.8 Å². The molecule has 1 aromatic carbocycles. The summed E-state index contributed by atoms with van der Waals surface area (Å²) in [5.41, 5.74) is 4.09. The molecule has 1 aromatic heterocycles. The van der Waals surface area contributed by atoms with Gasteiger partial charge in [-0.1, -0.05) is 24.3 Å². The average molecular weight is 283 g/mol. The molecule has 0 radical (unpaired) electrons. The van der Waals surface area contributed by atoms with Crippen LogP contribution in [0.2, 0.25) is 0 Å². The third kappa shape index (κ3) is 2.14. The molecule has 2 aromatic rings. The molecule has 2 aliphatic heterocycles. The zero-order chi connectivity index (χ0) is 14.2. The number of carbonyl (C=O) groups is 1. The fourth-order valence-electron chi connectivity index (χ4n) is 3.19. The number of nitrogens with one attached hydrogen (secondary N) is 1. The molecular formula is C16H17N3O2. The molecule has 5 heteroatoms. The zero-order valence-electron chi connectivity index (χ0n) is 11.7. The van der Waals surface area contributed by atoms with E-state index in [-0.39, 0.29) is 11.8 Å². The van der Waals surface area contributed by atoms with Crippen LogP contribution >= 0.6 is 0 Å². The number of amides is 1. The van der Waals surface area contributed by atoms with Crippen LogP contribution in [0.1, 0.15) is 39.5 Å². The molecule has 1 saturated heterocycles. The molecule has 4 rings (SSSR count). The molecule has 2 aliphatic rings. The third-order valence-electron chi connectivity index (χ3n) is 4.37. The van der Waals surface area contributed by atoms with Gasteiger partial charge >= 0.3 is 0 Å². The van der Waals surface area contributed by atoms with E-state index >= 15 is 0 Å². The molecule has 108 valence electrons. The Hall–Kier alpha value is -2.14. The van der Waals surface area contributed by atoms with Crippen molar-refractivity contribution in [2.24, 2.45) is 0 Å². The first kappa shape index (κ1) is 12.6. The van der Waals surface area contributed by atoms with E-state index in [9.17, 15) is 4.79 Å². The Morgan fingerprint density at radius 2 is 2.05 bits per heavy atom. The summed E-state index contributed by atoms with van der Waals surface area (Å²) in [7, 11) is 0. The van der Waals surface area contributed by atoms with Gasteiger partial charge in [0.05, 0.1) is 24.1 Å². The van der Waals surface area contributed by atoms with Crippen molar-refractivity contribution in [3.8, 4) is 0 Å². The van der Waals surface area contributed by atoms with E-state index in [2.05, 4.69) is 22.3 Å². The highest BCUT2D eigenvalue weighted by Crippen LogP contribution is 2.29. The smallest absolute Gasteiger partial charge is 0.257 e. The topological polar surface area (TPSA) is 58.2 Å². The van der Waals surface area contributed by atoms with Crippen molar-refractivity contribution in [1.29, 1.82) is 0 Å². The molecule has 0 saturated carbocycles. The van der Waals surface area contributed by atoms with Crippen molar-refractivity contribution in [1.82, 2.24) is 15.1 Å². The van der Waals surface area contributed by atoms with Crippen molar-refractivity contribution >= 4 is 5.91 Å². The fourth-order valence-corrected chi connectivity index (χ4v) is 3.19. The minimum absolute atomic E-state index is 0.0573. The first-order valence-electron chi connectivity index (χ1n) is 7.30. The number of benzene rings is 1. The molecule has 5 nitrogen and oxygen atoms in total. The summed E-state index contributed by atoms with van der Waals surface area (Å²) >= 11 is 0. The Kier molecular flexibility index (Phi) is 3.00. The number of nitrogens with zero attached hydrogens (tertiary/aromatic N) is 2. The Morgan fingerprint density at radius 1 is 1.29 bits per heavy atom. The normalized spacial score (nSPS) is 20.8. The maximum absolute atomic E-state index is 12.8. The average Bonchev–Trinajstić information content (AvgIpc) is 3.23. The number of aromatic nitrogens is 2. The van der Waals surface area contributed by atoms with Gasteiger partial charge in [-0.25, -0.2) is 0 Å². The minimum Gasteiger partial charge on any atom is -0.381 e. The van der Waals surface area contributed by atoms with Crippen molar-refractivity contribution in [2.45, 2.75) is 25.4 Å². The van der Waals surface area contributed by atoms with Crippen LogP contribution in [0, 0.1) is 0 Å². The van der Waals surface area contributed by atoms with E-state index in [1.807, 2.05) is 17.0 Å². The minimum atomic E-state index is 0.0573. The molecule has 0 spiro atoms. The highest BCUT2D eigenvalue weighted by atomic mass is 16.5. The number of H-pyrrole nitrogens is 1. The molecule has 0 aliphatic carbocycles. The Bertz CT molecular complexity index is 649. The van der Waals surface area contributed by atoms with Crippen LogP contribution in [0.5, 0.6) is 0 Å². The van der Waals surface area contributed by atoms with Crippen molar-refractivity contribution in [3.05, 3.63) is 52.8 Å². The van der Waals surface area contributed by atoms with Gasteiger partial charge in [0.25, 0.3) is 5.91 Å². The van der Waals surface area contributed by atoms with Crippen LogP contribution < -0.4 is 0 Å². The number of hydrogen-bond acceptors (Lipinski definition) is 3. The third-order valence-corrected chi connectivity index (χ3v) is 4.37. The summed E-state index contributed by atoms with van der Waals surface area (Å²) in [6, 6.07) is 8.21. The van der Waals surface area contributed by atoms with Crippen LogP contribution in [-0.4, -0.2) is 34.2 Å². The van der Waals surface area contributed by atoms with Gasteiger partial charge in [-0.3, -0.25) is 9.89 Å². The molecule has 1 atom stereocenters. The molecule has 1 N–H and O–H groups in total. The number of fused-ring (bicyclic) bond motifs is 1. The fraction of sp³-hybridized carbons (Fsp3) is 0.375. The maximum Gasteiger partial charge on any atom is 0.257 e. The van der Waals surface area contributed by atoms with E-state index in [4.69, 9.17) is 4.74 Å². The first-order valence-corrected chi connectivity index (χ1v) is 7.30. The Morgan fingerprint density at radius 3 is 2.71 bits per heavy atom. The van der Waals surface area contributed by atoms with E-state index in [1.165, 1.54) is 11.1 Å². The lowest BCUT2D eigenvalue weighted by Gasteiger charge is -2.16. The highest BCUT2D eigenvalue weighted by molar-refractivity contribution is 5.95. The summed E-state index contributed by atoms with van der Waals surface area (Å²) in [6.07, 6.45) is 2.60. The number of ether oxygens (including phenoxy) is 1. The van der Waals surface area contributed by atoms with Gasteiger partial charge in [-0.2, -0.15) is 5.10 Å². The van der Waals surface area contributed by atoms with Crippen LogP contribution in [0.15, 0.2) is 30.5 Å². The monoisotopic (exact) mass is 283 g/mol. The van der Waals surface area contributed by atoms with Gasteiger partial charge < -0.3 is 9.64 Å². The lowest BCUT2D eigenvalue weighted by Crippen LogP contribution is -2.26. The molecule has 0 unspecified atom stereocenters. The SMILES string of the molecule is O=C(c1cn[nH]c1[C@@H]1CCOC1)N1Cc2ccccc2C1. The molecule has 21 heavy (non-hydrogen) atoms. The summed E-state index contributed by atoms with van der Waals surface area (Å²) < 4.78 is 5.42. The highest BCUT2D eigenvalue weighted by Gasteiger charge is 2.30. The summed E-state index contributed by atoms with van der Waals surface area (Å²) in [5.74, 6) is 0.318. The van der Waals surface area contributed by atoms with Crippen molar-refractivity contribution in [2.75, 3.05) is 13.2 Å². The lowest BCUT2D eigenvalue weighted by atomic mass is 10.0. The van der Waals surface area contributed by atoms with Crippen LogP contribution in [0.3, 0.4) is 0 Å². The molecule has 0 bridgehead atoms. The Balaban J connectivity index is 1.58. The summed E-state index contributed by atoms with van der Waals surface area (Å²) in [6.45, 7) is 2.79. The van der Waals surface area contributed by atoms with E-state index in [0.29, 0.717) is 25.3 Å². The van der Waals surface area contributed by atoms with E-state index < -0.39 is 0 Å². The first-order chi connectivity index (χ1) is 10.3. The van der Waals surface area contributed by atoms with Gasteiger partial charge in [0.2, 0.25) is 0 Å². The maximum atomic E-state index is 12.8. The summed E-state index contributed by atoms with van der Waals surface area (Å²) in [5, 5.41) is 7.08. The van der Waals surface area contributed by atoms with Gasteiger partial charge in [0.1, 0.15) is 0 Å². The standard InChI is InChI=1S/C16H17N3O2/c20-16(19-8-11-3-1-2-4-12(11)9-19)14-7-17-18-15(14)13-5-6-21-10-13/h1-4,7,13H,5-6,8-10H2,(H,17,18)/t13-/m1/s1. The molecule has 1 amide bonds. The molecule has 1 fully saturated rings. The number of aromatic amines is 1. The van der Waals surface area contributed by atoms with Gasteiger partial charge in [-0.15, -0.1) is 0 Å². The second kappa shape index (κ2) is 5.00. The van der Waals surface area contributed by atoms with Crippen LogP contribution in [0.25, 0.3) is 0 Å². The van der Waals surface area contributed by atoms with E-state index in [0.717, 1.165) is 18.7 Å². The second-order valence-electron chi connectivity index (χ2n) is 5.69. The van der Waals surface area contributed by atoms with Gasteiger partial charge in [-0.05, 0) is 17.5 Å². The summed E-state index contributed by atoms with van der Waals surface area (Å²) in [4.78, 5) is 14.7. The van der Waals surface area contributed by atoms with Crippen molar-refractivity contribution < 1.29 is 9.53 Å². The molecular weight excluding hydrogens is 266 g/mol. The van der Waals surface area contributed by atoms with Gasteiger partial charge in [0.15, 0.2) is 0 Å². The van der Waals surface area contributed by atoms with Crippen molar-refractivity contribution in [3.63, 3.8) is 0 Å². The quantitative estimate of drug-likeness (QED) is 0.918. The largest absolute Gasteiger partial charge is 0.381 e. The van der Waals surface area contributed by atoms with E-state index in [1.54, 1.807) is 6.20 Å². The predicted molar refractivity (Wildman–Crippen MR) is 76.8 cm³/mol. The van der Waals surface area contributed by atoms with Crippen LogP contribution in [0.4, 0.5) is 0 Å². The predicted octanol–water partition coefficient (Wildman–Crippen LogP) is 2.07. The number of carbonyl (C=O) groups excluding carboxylic acids is 1.